The standard InChI is InChI=1S/C11H12FN3S/c1-15-7-14-5-9(15)6-16-11-3-2-8(12)4-10(11)13/h2-5,7H,6,13H2,1H3. The molecule has 0 fully saturated rings. The van der Waals surface area contributed by atoms with Gasteiger partial charge in [-0.3, -0.25) is 0 Å². The van der Waals surface area contributed by atoms with Gasteiger partial charge in [0, 0.05) is 35.3 Å². The summed E-state index contributed by atoms with van der Waals surface area (Å²) >= 11 is 1.58. The molecular weight excluding hydrogens is 225 g/mol. The van der Waals surface area contributed by atoms with Crippen LogP contribution < -0.4 is 5.73 Å². The summed E-state index contributed by atoms with van der Waals surface area (Å²) in [5.41, 5.74) is 7.30. The molecule has 5 heteroatoms. The first kappa shape index (κ1) is 11.0. The fourth-order valence-electron chi connectivity index (χ4n) is 1.33. The third kappa shape index (κ3) is 2.36. The molecule has 0 aliphatic rings. The third-order valence-electron chi connectivity index (χ3n) is 2.26. The van der Waals surface area contributed by atoms with Gasteiger partial charge in [-0.05, 0) is 18.2 Å². The molecule has 0 saturated heterocycles. The molecule has 0 aliphatic heterocycles. The Labute approximate surface area is 97.5 Å². The van der Waals surface area contributed by atoms with Crippen molar-refractivity contribution in [1.29, 1.82) is 0 Å². The Morgan fingerprint density at radius 1 is 1.50 bits per heavy atom. The van der Waals surface area contributed by atoms with E-state index in [1.54, 1.807) is 24.2 Å². The van der Waals surface area contributed by atoms with Crippen LogP contribution in [0.25, 0.3) is 0 Å². The number of nitrogens with zero attached hydrogens (tertiary/aromatic N) is 2. The summed E-state index contributed by atoms with van der Waals surface area (Å²) in [6.07, 6.45) is 3.57. The summed E-state index contributed by atoms with van der Waals surface area (Å²) in [5.74, 6) is 0.467. The van der Waals surface area contributed by atoms with E-state index in [0.717, 1.165) is 16.3 Å². The maximum absolute atomic E-state index is 12.8. The van der Waals surface area contributed by atoms with Gasteiger partial charge in [-0.15, -0.1) is 11.8 Å². The zero-order valence-electron chi connectivity index (χ0n) is 8.85. The molecule has 0 spiro atoms. The first-order chi connectivity index (χ1) is 7.66. The number of imidazole rings is 1. The van der Waals surface area contributed by atoms with Crippen LogP contribution in [0.5, 0.6) is 0 Å². The van der Waals surface area contributed by atoms with Crippen molar-refractivity contribution in [2.45, 2.75) is 10.6 Å². The van der Waals surface area contributed by atoms with Gasteiger partial charge in [-0.1, -0.05) is 0 Å². The first-order valence-corrected chi connectivity index (χ1v) is 5.78. The maximum Gasteiger partial charge on any atom is 0.125 e. The molecule has 16 heavy (non-hydrogen) atoms. The Bertz CT molecular complexity index is 496. The number of halogens is 1. The predicted molar refractivity (Wildman–Crippen MR) is 63.6 cm³/mol. The Morgan fingerprint density at radius 2 is 2.31 bits per heavy atom. The molecule has 2 N–H and O–H groups in total. The zero-order chi connectivity index (χ0) is 11.5. The number of nitrogen functional groups attached to an aromatic ring is 1. The van der Waals surface area contributed by atoms with Crippen molar-refractivity contribution < 1.29 is 4.39 Å². The Balaban J connectivity index is 2.08. The molecule has 0 bridgehead atoms. The lowest BCUT2D eigenvalue weighted by molar-refractivity contribution is 0.627. The van der Waals surface area contributed by atoms with Gasteiger partial charge in [-0.25, -0.2) is 9.37 Å². The van der Waals surface area contributed by atoms with E-state index >= 15 is 0 Å². The first-order valence-electron chi connectivity index (χ1n) is 4.80. The number of anilines is 1. The molecule has 2 aromatic rings. The number of rotatable bonds is 3. The number of benzene rings is 1. The van der Waals surface area contributed by atoms with E-state index < -0.39 is 0 Å². The SMILES string of the molecule is Cn1cncc1CSc1ccc(F)cc1N. The molecule has 1 heterocycles. The highest BCUT2D eigenvalue weighted by Gasteiger charge is 2.04. The molecular formula is C11H12FN3S. The molecule has 0 saturated carbocycles. The number of hydrogen-bond donors (Lipinski definition) is 1. The highest BCUT2D eigenvalue weighted by molar-refractivity contribution is 7.98. The van der Waals surface area contributed by atoms with E-state index in [9.17, 15) is 4.39 Å². The van der Waals surface area contributed by atoms with Crippen LogP contribution in [-0.4, -0.2) is 9.55 Å². The van der Waals surface area contributed by atoms with Gasteiger partial charge >= 0.3 is 0 Å². The lowest BCUT2D eigenvalue weighted by atomic mass is 10.3. The number of aromatic nitrogens is 2. The lowest BCUT2D eigenvalue weighted by Gasteiger charge is -2.05. The maximum atomic E-state index is 12.8. The minimum absolute atomic E-state index is 0.303. The molecule has 3 nitrogen and oxygen atoms in total. The quantitative estimate of drug-likeness (QED) is 0.658. The van der Waals surface area contributed by atoms with Gasteiger partial charge in [0.05, 0.1) is 6.33 Å². The van der Waals surface area contributed by atoms with Crippen molar-refractivity contribution in [1.82, 2.24) is 9.55 Å². The molecule has 2 rings (SSSR count). The van der Waals surface area contributed by atoms with E-state index in [1.165, 1.54) is 12.1 Å². The van der Waals surface area contributed by atoms with Gasteiger partial charge in [0.2, 0.25) is 0 Å². The van der Waals surface area contributed by atoms with Crippen molar-refractivity contribution in [3.05, 3.63) is 42.2 Å². The summed E-state index contributed by atoms with van der Waals surface area (Å²) in [6, 6.07) is 4.46. The van der Waals surface area contributed by atoms with Gasteiger partial charge in [0.25, 0.3) is 0 Å². The second-order valence-electron chi connectivity index (χ2n) is 3.47. The molecule has 84 valence electrons. The summed E-state index contributed by atoms with van der Waals surface area (Å²) in [7, 11) is 1.94. The number of hydrogen-bond acceptors (Lipinski definition) is 3. The molecule has 0 unspecified atom stereocenters. The minimum Gasteiger partial charge on any atom is -0.398 e. The summed E-state index contributed by atoms with van der Waals surface area (Å²) in [5, 5.41) is 0. The number of nitrogens with two attached hydrogens (primary N) is 1. The molecule has 1 aromatic heterocycles. The van der Waals surface area contributed by atoms with Gasteiger partial charge in [-0.2, -0.15) is 0 Å². The molecule has 0 aliphatic carbocycles. The van der Waals surface area contributed by atoms with Crippen LogP contribution in [0.2, 0.25) is 0 Å². The predicted octanol–water partition coefficient (Wildman–Crippen LogP) is 2.43. The van der Waals surface area contributed by atoms with E-state index in [0.29, 0.717) is 5.69 Å². The van der Waals surface area contributed by atoms with Crippen LogP contribution >= 0.6 is 11.8 Å². The van der Waals surface area contributed by atoms with Crippen LogP contribution in [0.3, 0.4) is 0 Å². The molecule has 1 aromatic carbocycles. The molecule has 0 atom stereocenters. The summed E-state index contributed by atoms with van der Waals surface area (Å²) < 4.78 is 14.8. The second-order valence-corrected chi connectivity index (χ2v) is 4.48. The van der Waals surface area contributed by atoms with Crippen LogP contribution in [0, 0.1) is 5.82 Å². The highest BCUT2D eigenvalue weighted by Crippen LogP contribution is 2.28. The lowest BCUT2D eigenvalue weighted by Crippen LogP contribution is -1.94. The van der Waals surface area contributed by atoms with E-state index in [2.05, 4.69) is 4.98 Å². The van der Waals surface area contributed by atoms with E-state index in [4.69, 9.17) is 5.73 Å². The average Bonchev–Trinajstić information content (AvgIpc) is 2.63. The van der Waals surface area contributed by atoms with Crippen LogP contribution in [0.1, 0.15) is 5.69 Å². The summed E-state index contributed by atoms with van der Waals surface area (Å²) in [6.45, 7) is 0. The fourth-order valence-corrected chi connectivity index (χ4v) is 2.30. The topological polar surface area (TPSA) is 43.8 Å². The second kappa shape index (κ2) is 4.57. The Kier molecular flexibility index (Phi) is 3.14. The fraction of sp³-hybridized carbons (Fsp3) is 0.182. The van der Waals surface area contributed by atoms with E-state index in [-0.39, 0.29) is 5.82 Å². The van der Waals surface area contributed by atoms with Crippen LogP contribution in [-0.2, 0) is 12.8 Å². The molecule has 0 amide bonds. The monoisotopic (exact) mass is 237 g/mol. The van der Waals surface area contributed by atoms with Crippen LogP contribution in [0.15, 0.2) is 35.6 Å². The Hall–Kier alpha value is -1.49. The highest BCUT2D eigenvalue weighted by atomic mass is 32.2. The van der Waals surface area contributed by atoms with E-state index in [1.807, 2.05) is 17.8 Å². The van der Waals surface area contributed by atoms with Crippen molar-refractivity contribution >= 4 is 17.4 Å². The average molecular weight is 237 g/mol. The van der Waals surface area contributed by atoms with Gasteiger partial charge in [0.1, 0.15) is 5.82 Å². The smallest absolute Gasteiger partial charge is 0.125 e. The van der Waals surface area contributed by atoms with Crippen LogP contribution in [0.4, 0.5) is 10.1 Å². The van der Waals surface area contributed by atoms with Gasteiger partial charge < -0.3 is 10.3 Å². The zero-order valence-corrected chi connectivity index (χ0v) is 9.67. The minimum atomic E-state index is -0.303. The summed E-state index contributed by atoms with van der Waals surface area (Å²) in [4.78, 5) is 4.92. The van der Waals surface area contributed by atoms with Gasteiger partial charge in [0.15, 0.2) is 0 Å². The Morgan fingerprint density at radius 3 is 2.94 bits per heavy atom. The largest absolute Gasteiger partial charge is 0.398 e. The van der Waals surface area contributed by atoms with Crippen molar-refractivity contribution in [3.8, 4) is 0 Å². The number of aryl methyl sites for hydroxylation is 1. The van der Waals surface area contributed by atoms with Crippen molar-refractivity contribution in [3.63, 3.8) is 0 Å². The number of thioether (sulfide) groups is 1. The third-order valence-corrected chi connectivity index (χ3v) is 3.39. The normalized spacial score (nSPS) is 10.6. The van der Waals surface area contributed by atoms with Crippen molar-refractivity contribution in [2.24, 2.45) is 7.05 Å². The molecule has 0 radical (unpaired) electrons. The van der Waals surface area contributed by atoms with Crippen molar-refractivity contribution in [2.75, 3.05) is 5.73 Å².